The van der Waals surface area contributed by atoms with Gasteiger partial charge < -0.3 is 20.0 Å². The molecule has 0 spiro atoms. The van der Waals surface area contributed by atoms with Gasteiger partial charge in [-0.25, -0.2) is 4.98 Å². The fraction of sp³-hybridized carbons (Fsp3) is 0.300. The van der Waals surface area contributed by atoms with E-state index in [2.05, 4.69) is 51.2 Å². The summed E-state index contributed by atoms with van der Waals surface area (Å²) < 4.78 is 1.70. The minimum atomic E-state index is -0.170. The Bertz CT molecular complexity index is 1560. The van der Waals surface area contributed by atoms with Crippen LogP contribution < -0.4 is 15.8 Å². The monoisotopic (exact) mass is 507 g/mol. The van der Waals surface area contributed by atoms with E-state index in [4.69, 9.17) is 4.98 Å². The second-order valence-corrected chi connectivity index (χ2v) is 9.94. The average Bonchev–Trinajstić information content (AvgIpc) is 2.91. The number of pyridine rings is 1. The topological polar surface area (TPSA) is 69.5 Å². The van der Waals surface area contributed by atoms with E-state index >= 15 is 0 Å². The number of nitrogens with zero attached hydrogens (tertiary/aromatic N) is 6. The van der Waals surface area contributed by atoms with Crippen molar-refractivity contribution in [3.05, 3.63) is 87.8 Å². The van der Waals surface area contributed by atoms with Gasteiger partial charge in [0.1, 0.15) is 5.65 Å². The van der Waals surface area contributed by atoms with E-state index in [0.29, 0.717) is 23.7 Å². The molecule has 0 saturated carbocycles. The zero-order valence-electron chi connectivity index (χ0n) is 22.4. The first-order valence-corrected chi connectivity index (χ1v) is 12.8. The normalized spacial score (nSPS) is 13.7. The summed E-state index contributed by atoms with van der Waals surface area (Å²) in [7, 11) is 5.85. The van der Waals surface area contributed by atoms with Crippen molar-refractivity contribution in [3.8, 4) is 12.0 Å². The summed E-state index contributed by atoms with van der Waals surface area (Å²) in [5, 5.41) is 4.07. The minimum absolute atomic E-state index is 0.170. The van der Waals surface area contributed by atoms with Crippen molar-refractivity contribution in [1.29, 1.82) is 0 Å². The lowest BCUT2D eigenvalue weighted by Gasteiger charge is -2.34. The standard InChI is InChI=1S/C30H33N7O/c1-22-7-5-6-8-24(22)21-37-28-25(19-23(29(37)38)13-14-34(2)3)20-31-30(33-28)32-26-9-11-27(12-10-26)36-17-15-35(4)16-18-36/h5-12,19-20H,15-18,21H2,1-4H3,(H,31,32,33). The van der Waals surface area contributed by atoms with Crippen molar-refractivity contribution in [2.45, 2.75) is 13.5 Å². The highest BCUT2D eigenvalue weighted by molar-refractivity contribution is 5.77. The summed E-state index contributed by atoms with van der Waals surface area (Å²) in [6.45, 7) is 6.63. The summed E-state index contributed by atoms with van der Waals surface area (Å²) >= 11 is 0. The van der Waals surface area contributed by atoms with Crippen LogP contribution in [-0.2, 0) is 6.54 Å². The quantitative estimate of drug-likeness (QED) is 0.328. The van der Waals surface area contributed by atoms with E-state index < -0.39 is 0 Å². The van der Waals surface area contributed by atoms with Crippen LogP contribution in [0.2, 0.25) is 0 Å². The number of aryl methyl sites for hydroxylation is 1. The fourth-order valence-electron chi connectivity index (χ4n) is 4.53. The van der Waals surface area contributed by atoms with Crippen molar-refractivity contribution in [3.63, 3.8) is 0 Å². The molecule has 194 valence electrons. The van der Waals surface area contributed by atoms with E-state index in [1.165, 1.54) is 5.69 Å². The highest BCUT2D eigenvalue weighted by atomic mass is 16.1. The lowest BCUT2D eigenvalue weighted by atomic mass is 10.1. The summed E-state index contributed by atoms with van der Waals surface area (Å²) in [6.07, 6.45) is 1.75. The molecule has 1 fully saturated rings. The van der Waals surface area contributed by atoms with E-state index in [-0.39, 0.29) is 5.56 Å². The molecule has 1 aliphatic heterocycles. The molecule has 0 aliphatic carbocycles. The molecule has 4 aromatic rings. The molecule has 1 aliphatic rings. The molecule has 0 atom stereocenters. The van der Waals surface area contributed by atoms with E-state index in [1.807, 2.05) is 57.4 Å². The highest BCUT2D eigenvalue weighted by Crippen LogP contribution is 2.22. The predicted molar refractivity (Wildman–Crippen MR) is 154 cm³/mol. The minimum Gasteiger partial charge on any atom is -0.369 e. The SMILES string of the molecule is Cc1ccccc1Cn1c(=O)c(C#CN(C)C)cc2cnc(Nc3ccc(N4CCN(C)CC4)cc3)nc21. The van der Waals surface area contributed by atoms with Gasteiger partial charge in [0.2, 0.25) is 5.95 Å². The van der Waals surface area contributed by atoms with Crippen molar-refractivity contribution < 1.29 is 0 Å². The summed E-state index contributed by atoms with van der Waals surface area (Å²) in [5.74, 6) is 3.44. The number of likely N-dealkylation sites (N-methyl/N-ethyl adjacent to an activating group) is 1. The molecule has 2 aromatic carbocycles. The molecule has 0 unspecified atom stereocenters. The van der Waals surface area contributed by atoms with Gasteiger partial charge in [0, 0.05) is 69.3 Å². The largest absolute Gasteiger partial charge is 0.369 e. The Kier molecular flexibility index (Phi) is 7.29. The maximum atomic E-state index is 13.5. The molecule has 1 saturated heterocycles. The Balaban J connectivity index is 1.48. The number of anilines is 3. The van der Waals surface area contributed by atoms with Gasteiger partial charge in [0.25, 0.3) is 5.56 Å². The Labute approximate surface area is 223 Å². The average molecular weight is 508 g/mol. The number of fused-ring (bicyclic) bond motifs is 1. The molecule has 1 N–H and O–H groups in total. The first kappa shape index (κ1) is 25.3. The zero-order valence-corrected chi connectivity index (χ0v) is 22.4. The lowest BCUT2D eigenvalue weighted by Crippen LogP contribution is -2.44. The van der Waals surface area contributed by atoms with Crippen LogP contribution in [-0.4, -0.2) is 71.7 Å². The fourth-order valence-corrected chi connectivity index (χ4v) is 4.53. The molecule has 8 heteroatoms. The van der Waals surface area contributed by atoms with Gasteiger partial charge in [0.05, 0.1) is 12.1 Å². The van der Waals surface area contributed by atoms with Gasteiger partial charge in [0.15, 0.2) is 0 Å². The molecule has 2 aromatic heterocycles. The Morgan fingerprint density at radius 1 is 1.03 bits per heavy atom. The van der Waals surface area contributed by atoms with Crippen LogP contribution in [0.1, 0.15) is 16.7 Å². The van der Waals surface area contributed by atoms with Gasteiger partial charge >= 0.3 is 0 Å². The van der Waals surface area contributed by atoms with Crippen LogP contribution in [0, 0.1) is 18.9 Å². The van der Waals surface area contributed by atoms with Crippen LogP contribution in [0.4, 0.5) is 17.3 Å². The molecule has 3 heterocycles. The second kappa shape index (κ2) is 11.0. The maximum Gasteiger partial charge on any atom is 0.268 e. The second-order valence-electron chi connectivity index (χ2n) is 9.94. The molecule has 0 amide bonds. The van der Waals surface area contributed by atoms with Crippen molar-refractivity contribution in [2.75, 3.05) is 57.5 Å². The Morgan fingerprint density at radius 3 is 2.47 bits per heavy atom. The maximum absolute atomic E-state index is 13.5. The third-order valence-electron chi connectivity index (χ3n) is 6.82. The number of aromatic nitrogens is 3. The number of hydrogen-bond donors (Lipinski definition) is 1. The van der Waals surface area contributed by atoms with Crippen LogP contribution in [0.3, 0.4) is 0 Å². The van der Waals surface area contributed by atoms with Crippen LogP contribution in [0.15, 0.2) is 65.6 Å². The molecular formula is C30H33N7O. The Hall–Kier alpha value is -4.35. The van der Waals surface area contributed by atoms with Crippen LogP contribution >= 0.6 is 0 Å². The number of rotatable bonds is 5. The molecule has 8 nitrogen and oxygen atoms in total. The van der Waals surface area contributed by atoms with Crippen molar-refractivity contribution in [2.24, 2.45) is 0 Å². The first-order chi connectivity index (χ1) is 18.4. The number of nitrogens with one attached hydrogen (secondary N) is 1. The Morgan fingerprint density at radius 2 is 1.76 bits per heavy atom. The number of piperazine rings is 1. The van der Waals surface area contributed by atoms with Gasteiger partial charge in [-0.3, -0.25) is 9.36 Å². The highest BCUT2D eigenvalue weighted by Gasteiger charge is 2.15. The zero-order chi connectivity index (χ0) is 26.6. The molecule has 38 heavy (non-hydrogen) atoms. The third kappa shape index (κ3) is 5.63. The lowest BCUT2D eigenvalue weighted by molar-refractivity contribution is 0.313. The van der Waals surface area contributed by atoms with Gasteiger partial charge in [-0.05, 0) is 61.4 Å². The summed E-state index contributed by atoms with van der Waals surface area (Å²) in [6, 6.07) is 21.1. The molecular weight excluding hydrogens is 474 g/mol. The number of hydrogen-bond acceptors (Lipinski definition) is 7. The smallest absolute Gasteiger partial charge is 0.268 e. The predicted octanol–water partition coefficient (Wildman–Crippen LogP) is 3.51. The van der Waals surface area contributed by atoms with Gasteiger partial charge in [-0.1, -0.05) is 24.3 Å². The van der Waals surface area contributed by atoms with Gasteiger partial charge in [-0.2, -0.15) is 4.98 Å². The van der Waals surface area contributed by atoms with Crippen LogP contribution in [0.5, 0.6) is 0 Å². The summed E-state index contributed by atoms with van der Waals surface area (Å²) in [4.78, 5) is 29.3. The van der Waals surface area contributed by atoms with Crippen molar-refractivity contribution in [1.82, 2.24) is 24.3 Å². The summed E-state index contributed by atoms with van der Waals surface area (Å²) in [5.41, 5.74) is 5.09. The van der Waals surface area contributed by atoms with E-state index in [1.54, 1.807) is 21.7 Å². The third-order valence-corrected chi connectivity index (χ3v) is 6.82. The molecule has 0 bridgehead atoms. The van der Waals surface area contributed by atoms with Crippen LogP contribution in [0.25, 0.3) is 11.0 Å². The van der Waals surface area contributed by atoms with Crippen molar-refractivity contribution >= 4 is 28.4 Å². The number of benzene rings is 2. The molecule has 5 rings (SSSR count). The van der Waals surface area contributed by atoms with E-state index in [9.17, 15) is 4.79 Å². The van der Waals surface area contributed by atoms with Gasteiger partial charge in [-0.15, -0.1) is 0 Å². The first-order valence-electron chi connectivity index (χ1n) is 12.8. The molecule has 0 radical (unpaired) electrons. The van der Waals surface area contributed by atoms with E-state index in [0.717, 1.165) is 48.4 Å².